The van der Waals surface area contributed by atoms with Crippen LogP contribution in [0, 0.1) is 10.1 Å². The third-order valence-corrected chi connectivity index (χ3v) is 6.66. The summed E-state index contributed by atoms with van der Waals surface area (Å²) in [6.07, 6.45) is 0.529. The molecule has 0 bridgehead atoms. The molecule has 0 aromatic heterocycles. The summed E-state index contributed by atoms with van der Waals surface area (Å²) in [6.45, 7) is 0.411. The molecule has 38 heavy (non-hydrogen) atoms. The molecule has 198 valence electrons. The monoisotopic (exact) mass is 540 g/mol. The van der Waals surface area contributed by atoms with Gasteiger partial charge in [0.15, 0.2) is 11.5 Å². The van der Waals surface area contributed by atoms with Crippen LogP contribution in [0.1, 0.15) is 37.9 Å². The van der Waals surface area contributed by atoms with Gasteiger partial charge in [-0.3, -0.25) is 14.9 Å². The Labute approximate surface area is 223 Å². The van der Waals surface area contributed by atoms with E-state index >= 15 is 0 Å². The van der Waals surface area contributed by atoms with E-state index in [1.807, 2.05) is 12.1 Å². The van der Waals surface area contributed by atoms with Gasteiger partial charge in [-0.05, 0) is 66.1 Å². The number of rotatable bonds is 8. The van der Waals surface area contributed by atoms with Crippen LogP contribution in [0.3, 0.4) is 0 Å². The van der Waals surface area contributed by atoms with Crippen LogP contribution in [0.15, 0.2) is 54.6 Å². The van der Waals surface area contributed by atoms with Crippen LogP contribution in [0.4, 0.5) is 5.69 Å². The largest absolute Gasteiger partial charge is 0.493 e. The van der Waals surface area contributed by atoms with E-state index in [2.05, 4.69) is 0 Å². The number of nitro benzene ring substituents is 1. The number of halogens is 1. The number of fused-ring (bicyclic) bond motifs is 1. The molecule has 1 amide bonds. The number of benzene rings is 3. The Morgan fingerprint density at radius 2 is 1.66 bits per heavy atom. The minimum atomic E-state index is -0.625. The maximum absolute atomic E-state index is 13.6. The van der Waals surface area contributed by atoms with E-state index in [0.717, 1.165) is 11.1 Å². The van der Waals surface area contributed by atoms with E-state index in [-0.39, 0.29) is 22.9 Å². The molecule has 0 radical (unpaired) electrons. The van der Waals surface area contributed by atoms with Gasteiger partial charge in [0.25, 0.3) is 11.6 Å². The molecule has 0 spiro atoms. The smallest absolute Gasteiger partial charge is 0.337 e. The molecule has 0 fully saturated rings. The van der Waals surface area contributed by atoms with E-state index in [1.54, 1.807) is 36.3 Å². The number of nitro groups is 1. The first-order chi connectivity index (χ1) is 18.3. The van der Waals surface area contributed by atoms with Crippen molar-refractivity contribution in [1.29, 1.82) is 0 Å². The van der Waals surface area contributed by atoms with Gasteiger partial charge in [-0.2, -0.15) is 0 Å². The number of nitrogens with zero attached hydrogens (tertiary/aromatic N) is 2. The van der Waals surface area contributed by atoms with Crippen LogP contribution in [-0.4, -0.2) is 56.2 Å². The minimum Gasteiger partial charge on any atom is -0.493 e. The quantitative estimate of drug-likeness (QED) is 0.225. The Kier molecular flexibility index (Phi) is 8.02. The molecule has 11 heteroatoms. The van der Waals surface area contributed by atoms with Crippen molar-refractivity contribution in [3.63, 3.8) is 0 Å². The maximum atomic E-state index is 13.6. The van der Waals surface area contributed by atoms with Crippen molar-refractivity contribution >= 4 is 29.2 Å². The average Bonchev–Trinajstić information content (AvgIpc) is 2.94. The normalized spacial score (nSPS) is 14.3. The van der Waals surface area contributed by atoms with Gasteiger partial charge in [-0.1, -0.05) is 11.6 Å². The van der Waals surface area contributed by atoms with E-state index < -0.39 is 22.8 Å². The van der Waals surface area contributed by atoms with Gasteiger partial charge < -0.3 is 23.8 Å². The predicted octanol–water partition coefficient (Wildman–Crippen LogP) is 4.87. The molecule has 1 aliphatic rings. The highest BCUT2D eigenvalue weighted by Gasteiger charge is 2.34. The van der Waals surface area contributed by atoms with Crippen molar-refractivity contribution < 1.29 is 33.5 Å². The molecule has 3 aromatic rings. The van der Waals surface area contributed by atoms with Crippen molar-refractivity contribution in [2.45, 2.75) is 12.5 Å². The number of carbonyl (C=O) groups is 2. The van der Waals surface area contributed by atoms with E-state index in [0.29, 0.717) is 35.8 Å². The molecule has 0 N–H and O–H groups in total. The van der Waals surface area contributed by atoms with E-state index in [4.69, 9.17) is 30.5 Å². The predicted molar refractivity (Wildman–Crippen MR) is 138 cm³/mol. The van der Waals surface area contributed by atoms with Gasteiger partial charge in [-0.25, -0.2) is 4.79 Å². The van der Waals surface area contributed by atoms with Crippen LogP contribution < -0.4 is 14.2 Å². The summed E-state index contributed by atoms with van der Waals surface area (Å²) >= 11 is 5.96. The van der Waals surface area contributed by atoms with Crippen LogP contribution in [0.25, 0.3) is 0 Å². The summed E-state index contributed by atoms with van der Waals surface area (Å²) in [7, 11) is 4.38. The lowest BCUT2D eigenvalue weighted by Crippen LogP contribution is -2.42. The lowest BCUT2D eigenvalue weighted by Gasteiger charge is -2.37. The van der Waals surface area contributed by atoms with Gasteiger partial charge in [-0.15, -0.1) is 0 Å². The van der Waals surface area contributed by atoms with Crippen LogP contribution >= 0.6 is 11.6 Å². The number of ether oxygens (including phenoxy) is 4. The fourth-order valence-corrected chi connectivity index (χ4v) is 4.57. The number of hydrogen-bond donors (Lipinski definition) is 0. The lowest BCUT2D eigenvalue weighted by molar-refractivity contribution is -0.384. The second-order valence-corrected chi connectivity index (χ2v) is 8.83. The molecule has 0 saturated carbocycles. The SMILES string of the molecule is COC(=O)c1ccc(OC[C@@H]2c3cc(OC)c(OC)cc3CCN2C(=O)c2ccc(Cl)c([N+](=O)[O-])c2)cc1. The lowest BCUT2D eigenvalue weighted by atomic mass is 9.91. The Morgan fingerprint density at radius 1 is 1.00 bits per heavy atom. The van der Waals surface area contributed by atoms with Gasteiger partial charge in [0.1, 0.15) is 17.4 Å². The highest BCUT2D eigenvalue weighted by molar-refractivity contribution is 6.32. The van der Waals surface area contributed by atoms with Crippen LogP contribution in [0.5, 0.6) is 17.2 Å². The molecule has 3 aromatic carbocycles. The van der Waals surface area contributed by atoms with Crippen molar-refractivity contribution in [1.82, 2.24) is 4.90 Å². The summed E-state index contributed by atoms with van der Waals surface area (Å²) in [4.78, 5) is 37.8. The number of esters is 1. The fourth-order valence-electron chi connectivity index (χ4n) is 4.38. The fraction of sp³-hybridized carbons (Fsp3) is 0.259. The zero-order chi connectivity index (χ0) is 27.4. The molecule has 1 aliphatic heterocycles. The third kappa shape index (κ3) is 5.35. The van der Waals surface area contributed by atoms with Crippen LogP contribution in [-0.2, 0) is 11.2 Å². The molecule has 10 nitrogen and oxygen atoms in total. The van der Waals surface area contributed by atoms with E-state index in [9.17, 15) is 19.7 Å². The Morgan fingerprint density at radius 3 is 2.29 bits per heavy atom. The first-order valence-corrected chi connectivity index (χ1v) is 12.0. The molecule has 0 saturated heterocycles. The topological polar surface area (TPSA) is 117 Å². The summed E-state index contributed by atoms with van der Waals surface area (Å²) < 4.78 is 21.7. The number of carbonyl (C=O) groups excluding carboxylic acids is 2. The zero-order valence-electron chi connectivity index (χ0n) is 20.9. The van der Waals surface area contributed by atoms with Gasteiger partial charge >= 0.3 is 5.97 Å². The molecule has 1 atom stereocenters. The molecular weight excluding hydrogens is 516 g/mol. The van der Waals surface area contributed by atoms with Crippen molar-refractivity contribution in [3.05, 3.63) is 92.0 Å². The summed E-state index contributed by atoms with van der Waals surface area (Å²) in [5.41, 5.74) is 1.93. The van der Waals surface area contributed by atoms with Gasteiger partial charge in [0.2, 0.25) is 0 Å². The van der Waals surface area contributed by atoms with Gasteiger partial charge in [0, 0.05) is 18.2 Å². The summed E-state index contributed by atoms with van der Waals surface area (Å²) in [5, 5.41) is 11.3. The first-order valence-electron chi connectivity index (χ1n) is 11.6. The van der Waals surface area contributed by atoms with Crippen molar-refractivity contribution in [2.75, 3.05) is 34.5 Å². The van der Waals surface area contributed by atoms with Crippen LogP contribution in [0.2, 0.25) is 5.02 Å². The highest BCUT2D eigenvalue weighted by Crippen LogP contribution is 2.39. The summed E-state index contributed by atoms with van der Waals surface area (Å²) in [5.74, 6) is 0.680. The third-order valence-electron chi connectivity index (χ3n) is 6.34. The average molecular weight is 541 g/mol. The Balaban J connectivity index is 1.69. The van der Waals surface area contributed by atoms with Crippen molar-refractivity contribution in [3.8, 4) is 17.2 Å². The number of methoxy groups -OCH3 is 3. The Bertz CT molecular complexity index is 1380. The molecular formula is C27H25ClN2O8. The first kappa shape index (κ1) is 26.7. The molecule has 0 aliphatic carbocycles. The molecule has 0 unspecified atom stereocenters. The van der Waals surface area contributed by atoms with E-state index in [1.165, 1.54) is 32.4 Å². The number of hydrogen-bond acceptors (Lipinski definition) is 8. The molecule has 1 heterocycles. The minimum absolute atomic E-state index is 0.0531. The summed E-state index contributed by atoms with van der Waals surface area (Å²) in [6, 6.07) is 13.6. The highest BCUT2D eigenvalue weighted by atomic mass is 35.5. The second-order valence-electron chi connectivity index (χ2n) is 8.42. The second kappa shape index (κ2) is 11.4. The van der Waals surface area contributed by atoms with Gasteiger partial charge in [0.05, 0.1) is 37.9 Å². The maximum Gasteiger partial charge on any atom is 0.337 e. The zero-order valence-corrected chi connectivity index (χ0v) is 21.7. The Hall–Kier alpha value is -4.31. The van der Waals surface area contributed by atoms with Crippen molar-refractivity contribution in [2.24, 2.45) is 0 Å². The number of amides is 1. The molecule has 4 rings (SSSR count). The standard InChI is InChI=1S/C27H25ClN2O8/c1-35-24-13-17-10-11-29(26(31)18-6-9-21(28)22(12-18)30(33)34)23(20(17)14-25(24)36-2)15-38-19-7-4-16(5-8-19)27(32)37-3/h4-9,12-14,23H,10-11,15H2,1-3H3/t23-/m1/s1.